The molecule has 0 saturated carbocycles. The van der Waals surface area contributed by atoms with Crippen molar-refractivity contribution >= 4 is 17.6 Å². The SMILES string of the molecule is CCc1nc(CN2CCC(c3cccc4c3OC(C)(c3ccc(Cl)cc3F)O4)CC2)n(CC2CCO2)c1-c1nc(C(=O)O)co1. The minimum Gasteiger partial charge on any atom is -0.476 e. The van der Waals surface area contributed by atoms with Crippen LogP contribution in [0.25, 0.3) is 11.6 Å². The highest BCUT2D eigenvalue weighted by Crippen LogP contribution is 2.50. The molecule has 2 fully saturated rings. The van der Waals surface area contributed by atoms with Gasteiger partial charge in [0.2, 0.25) is 5.89 Å². The van der Waals surface area contributed by atoms with Crippen LogP contribution in [0.5, 0.6) is 11.5 Å². The number of aromatic carboxylic acids is 1. The number of nitrogens with zero attached hydrogens (tertiary/aromatic N) is 4. The summed E-state index contributed by atoms with van der Waals surface area (Å²) >= 11 is 5.98. The van der Waals surface area contributed by atoms with Crippen molar-refractivity contribution in [3.63, 3.8) is 0 Å². The van der Waals surface area contributed by atoms with E-state index in [1.54, 1.807) is 19.1 Å². The zero-order chi connectivity index (χ0) is 31.3. The largest absolute Gasteiger partial charge is 0.476 e. The molecule has 0 radical (unpaired) electrons. The lowest BCUT2D eigenvalue weighted by atomic mass is 9.88. The number of fused-ring (bicyclic) bond motifs is 1. The highest BCUT2D eigenvalue weighted by atomic mass is 35.5. The number of aryl methyl sites for hydroxylation is 1. The third-order valence-corrected chi connectivity index (χ3v) is 9.22. The number of imidazole rings is 1. The number of hydrogen-bond donors (Lipinski definition) is 1. The number of oxazole rings is 1. The maximum absolute atomic E-state index is 14.9. The van der Waals surface area contributed by atoms with Gasteiger partial charge in [-0.15, -0.1) is 0 Å². The Bertz CT molecular complexity index is 1740. The predicted octanol–water partition coefficient (Wildman–Crippen LogP) is 6.40. The van der Waals surface area contributed by atoms with E-state index in [4.69, 9.17) is 35.2 Å². The van der Waals surface area contributed by atoms with Crippen LogP contribution in [-0.2, 0) is 30.0 Å². The molecule has 1 N–H and O–H groups in total. The third kappa shape index (κ3) is 5.57. The number of halogens is 2. The van der Waals surface area contributed by atoms with E-state index in [0.29, 0.717) is 47.3 Å². The zero-order valence-corrected chi connectivity index (χ0v) is 25.8. The summed E-state index contributed by atoms with van der Waals surface area (Å²) < 4.78 is 40.9. The molecule has 2 atom stereocenters. The second kappa shape index (κ2) is 11.8. The quantitative estimate of drug-likeness (QED) is 0.223. The molecule has 7 rings (SSSR count). The number of hydrogen-bond acceptors (Lipinski definition) is 8. The number of carbonyl (C=O) groups is 1. The Labute approximate surface area is 264 Å². The van der Waals surface area contributed by atoms with E-state index < -0.39 is 17.6 Å². The topological polar surface area (TPSA) is 112 Å². The Hall–Kier alpha value is -3.93. The average Bonchev–Trinajstić information content (AvgIpc) is 3.70. The minimum atomic E-state index is -1.29. The first-order valence-corrected chi connectivity index (χ1v) is 15.7. The van der Waals surface area contributed by atoms with Crippen LogP contribution < -0.4 is 9.47 Å². The summed E-state index contributed by atoms with van der Waals surface area (Å²) in [7, 11) is 0. The highest BCUT2D eigenvalue weighted by molar-refractivity contribution is 6.30. The summed E-state index contributed by atoms with van der Waals surface area (Å²) in [6.45, 7) is 7.36. The van der Waals surface area contributed by atoms with Gasteiger partial charge < -0.3 is 28.3 Å². The van der Waals surface area contributed by atoms with Gasteiger partial charge in [-0.2, -0.15) is 0 Å². The van der Waals surface area contributed by atoms with Crippen molar-refractivity contribution in [3.8, 4) is 23.1 Å². The molecule has 3 aliphatic rings. The van der Waals surface area contributed by atoms with Gasteiger partial charge in [0.1, 0.15) is 23.6 Å². The lowest BCUT2D eigenvalue weighted by Crippen LogP contribution is -2.35. The molecule has 10 nitrogen and oxygen atoms in total. The van der Waals surface area contributed by atoms with Crippen LogP contribution in [0.2, 0.25) is 5.02 Å². The fraction of sp³-hybridized carbons (Fsp3) is 0.424. The number of benzene rings is 2. The fourth-order valence-corrected chi connectivity index (χ4v) is 6.67. The third-order valence-electron chi connectivity index (χ3n) is 8.98. The monoisotopic (exact) mass is 636 g/mol. The molecule has 0 amide bonds. The molecule has 45 heavy (non-hydrogen) atoms. The number of piperidine rings is 1. The molecule has 0 spiro atoms. The van der Waals surface area contributed by atoms with Crippen LogP contribution in [0, 0.1) is 5.82 Å². The molecule has 2 aromatic carbocycles. The van der Waals surface area contributed by atoms with Crippen molar-refractivity contribution in [2.75, 3.05) is 19.7 Å². The van der Waals surface area contributed by atoms with Gasteiger partial charge in [-0.05, 0) is 69.0 Å². The molecular formula is C33H34ClFN4O6. The molecule has 5 heterocycles. The van der Waals surface area contributed by atoms with Crippen molar-refractivity contribution in [2.45, 2.75) is 70.4 Å². The van der Waals surface area contributed by atoms with E-state index in [1.807, 2.05) is 19.1 Å². The number of ether oxygens (including phenoxy) is 3. The van der Waals surface area contributed by atoms with Gasteiger partial charge in [0.25, 0.3) is 5.79 Å². The standard InChI is InChI=1S/C33H34ClFN4O6/c1-3-25-29(31-37-26(18-43-31)32(40)41)39(16-21-11-14-42-21)28(36-25)17-38-12-9-19(10-13-38)22-5-4-6-27-30(22)45-33(2,44-27)23-8-7-20(34)15-24(23)35/h4-8,15,18-19,21H,3,9-14,16-17H2,1-2H3,(H,40,41). The van der Waals surface area contributed by atoms with Gasteiger partial charge in [-0.1, -0.05) is 30.7 Å². The molecule has 0 aliphatic carbocycles. The van der Waals surface area contributed by atoms with Gasteiger partial charge >= 0.3 is 5.97 Å². The summed E-state index contributed by atoms with van der Waals surface area (Å²) in [6.07, 6.45) is 4.62. The Balaban J connectivity index is 1.09. The first kappa shape index (κ1) is 29.8. The molecule has 236 valence electrons. The van der Waals surface area contributed by atoms with Crippen LogP contribution in [0.4, 0.5) is 4.39 Å². The summed E-state index contributed by atoms with van der Waals surface area (Å²) in [4.78, 5) is 23.1. The summed E-state index contributed by atoms with van der Waals surface area (Å²) in [5.41, 5.74) is 2.74. The van der Waals surface area contributed by atoms with Crippen molar-refractivity contribution in [1.82, 2.24) is 19.4 Å². The lowest BCUT2D eigenvalue weighted by Gasteiger charge is -2.33. The number of aromatic nitrogens is 3. The van der Waals surface area contributed by atoms with Crippen LogP contribution >= 0.6 is 11.6 Å². The Morgan fingerprint density at radius 3 is 2.62 bits per heavy atom. The second-order valence-electron chi connectivity index (χ2n) is 11.9. The zero-order valence-electron chi connectivity index (χ0n) is 25.1. The van der Waals surface area contributed by atoms with Gasteiger partial charge in [-0.3, -0.25) is 4.90 Å². The molecule has 4 aromatic rings. The molecule has 12 heteroatoms. The molecule has 2 aromatic heterocycles. The van der Waals surface area contributed by atoms with E-state index in [-0.39, 0.29) is 23.6 Å². The number of carboxylic acid groups (broad SMARTS) is 1. The molecule has 2 saturated heterocycles. The van der Waals surface area contributed by atoms with Gasteiger partial charge in [-0.25, -0.2) is 19.2 Å². The molecular weight excluding hydrogens is 603 g/mol. The van der Waals surface area contributed by atoms with E-state index >= 15 is 0 Å². The molecule has 3 aliphatic heterocycles. The maximum atomic E-state index is 14.9. The van der Waals surface area contributed by atoms with Gasteiger partial charge in [0, 0.05) is 24.1 Å². The van der Waals surface area contributed by atoms with Gasteiger partial charge in [0.15, 0.2) is 17.2 Å². The van der Waals surface area contributed by atoms with Crippen LogP contribution in [0.1, 0.15) is 72.2 Å². The van der Waals surface area contributed by atoms with Crippen LogP contribution in [0.15, 0.2) is 47.1 Å². The maximum Gasteiger partial charge on any atom is 0.357 e. The van der Waals surface area contributed by atoms with Crippen molar-refractivity contribution in [3.05, 3.63) is 81.8 Å². The summed E-state index contributed by atoms with van der Waals surface area (Å²) in [5.74, 6) is -0.272. The number of para-hydroxylation sites is 1. The number of rotatable bonds is 9. The summed E-state index contributed by atoms with van der Waals surface area (Å²) in [6, 6.07) is 10.4. The van der Waals surface area contributed by atoms with Crippen molar-refractivity contribution in [1.29, 1.82) is 0 Å². The van der Waals surface area contributed by atoms with Crippen LogP contribution in [-0.4, -0.2) is 56.3 Å². The lowest BCUT2D eigenvalue weighted by molar-refractivity contribution is -0.0712. The molecule has 0 bridgehead atoms. The van der Waals surface area contributed by atoms with E-state index in [1.165, 1.54) is 12.3 Å². The first-order chi connectivity index (χ1) is 21.7. The summed E-state index contributed by atoms with van der Waals surface area (Å²) in [5, 5.41) is 9.72. The smallest absolute Gasteiger partial charge is 0.357 e. The first-order valence-electron chi connectivity index (χ1n) is 15.3. The van der Waals surface area contributed by atoms with Crippen molar-refractivity contribution in [2.24, 2.45) is 0 Å². The van der Waals surface area contributed by atoms with Crippen LogP contribution in [0.3, 0.4) is 0 Å². The normalized spacial score (nSPS) is 21.6. The second-order valence-corrected chi connectivity index (χ2v) is 12.3. The highest BCUT2D eigenvalue weighted by Gasteiger charge is 2.43. The Kier molecular flexibility index (Phi) is 7.79. The van der Waals surface area contributed by atoms with Gasteiger partial charge in [0.05, 0.1) is 30.5 Å². The Morgan fingerprint density at radius 1 is 1.16 bits per heavy atom. The van der Waals surface area contributed by atoms with E-state index in [9.17, 15) is 14.3 Å². The number of likely N-dealkylation sites (tertiary alicyclic amines) is 1. The average molecular weight is 637 g/mol. The predicted molar refractivity (Wildman–Crippen MR) is 162 cm³/mol. The minimum absolute atomic E-state index is 0.0653. The fourth-order valence-electron chi connectivity index (χ4n) is 6.51. The van der Waals surface area contributed by atoms with Crippen molar-refractivity contribution < 1.29 is 32.9 Å². The molecule has 2 unspecified atom stereocenters. The van der Waals surface area contributed by atoms with E-state index in [2.05, 4.69) is 20.5 Å². The van der Waals surface area contributed by atoms with E-state index in [0.717, 1.165) is 56.0 Å². The number of carboxylic acids is 1. The Morgan fingerprint density at radius 2 is 1.96 bits per heavy atom.